The van der Waals surface area contributed by atoms with Crippen molar-refractivity contribution in [2.45, 2.75) is 32.2 Å². The van der Waals surface area contributed by atoms with Crippen molar-refractivity contribution in [2.24, 2.45) is 0 Å². The normalized spacial score (nSPS) is 22.6. The predicted molar refractivity (Wildman–Crippen MR) is 64.9 cm³/mol. The van der Waals surface area contributed by atoms with Crippen molar-refractivity contribution >= 4 is 10.0 Å². The first-order valence-corrected chi connectivity index (χ1v) is 7.59. The highest BCUT2D eigenvalue weighted by atomic mass is 32.2. The lowest BCUT2D eigenvalue weighted by Crippen LogP contribution is -2.38. The molecule has 0 saturated carbocycles. The topological polar surface area (TPSA) is 63.2 Å². The van der Waals surface area contributed by atoms with Gasteiger partial charge in [-0.25, -0.2) is 18.4 Å². The Balaban J connectivity index is 2.34. The minimum atomic E-state index is -3.18. The van der Waals surface area contributed by atoms with Crippen molar-refractivity contribution in [3.05, 3.63) is 23.8 Å². The van der Waals surface area contributed by atoms with E-state index in [-0.39, 0.29) is 6.04 Å². The number of rotatable bonds is 2. The second kappa shape index (κ2) is 4.70. The molecule has 0 aliphatic carbocycles. The summed E-state index contributed by atoms with van der Waals surface area (Å²) in [5.41, 5.74) is 0.869. The lowest BCUT2D eigenvalue weighted by molar-refractivity contribution is 0.248. The third-order valence-corrected chi connectivity index (χ3v) is 4.28. The predicted octanol–water partition coefficient (Wildman–Crippen LogP) is 1.27. The van der Waals surface area contributed by atoms with Gasteiger partial charge in [0, 0.05) is 18.4 Å². The van der Waals surface area contributed by atoms with Crippen molar-refractivity contribution in [3.8, 4) is 0 Å². The summed E-state index contributed by atoms with van der Waals surface area (Å²) in [5.74, 6) is 0.620. The molecule has 1 fully saturated rings. The molecular formula is C11H17N3O2S. The number of nitrogens with zero attached hydrogens (tertiary/aromatic N) is 3. The molecule has 94 valence electrons. The first-order valence-electron chi connectivity index (χ1n) is 5.75. The minimum absolute atomic E-state index is 0.196. The first kappa shape index (κ1) is 12.4. The lowest BCUT2D eigenvalue weighted by Gasteiger charge is -2.32. The molecule has 0 amide bonds. The maximum absolute atomic E-state index is 11.7. The van der Waals surface area contributed by atoms with Gasteiger partial charge in [0.25, 0.3) is 0 Å². The Hall–Kier alpha value is -1.01. The molecule has 1 aromatic heterocycles. The van der Waals surface area contributed by atoms with Crippen LogP contribution >= 0.6 is 0 Å². The fourth-order valence-electron chi connectivity index (χ4n) is 2.19. The number of hydrogen-bond acceptors (Lipinski definition) is 4. The second-order valence-electron chi connectivity index (χ2n) is 4.44. The molecule has 6 heteroatoms. The molecule has 17 heavy (non-hydrogen) atoms. The van der Waals surface area contributed by atoms with E-state index < -0.39 is 10.0 Å². The van der Waals surface area contributed by atoms with E-state index >= 15 is 0 Å². The van der Waals surface area contributed by atoms with Gasteiger partial charge in [0.2, 0.25) is 10.0 Å². The second-order valence-corrected chi connectivity index (χ2v) is 6.38. The molecule has 1 aliphatic rings. The average molecular weight is 255 g/mol. The molecular weight excluding hydrogens is 238 g/mol. The quantitative estimate of drug-likeness (QED) is 0.798. The van der Waals surface area contributed by atoms with Crippen LogP contribution in [0.15, 0.2) is 12.3 Å². The van der Waals surface area contributed by atoms with Crippen LogP contribution in [0.4, 0.5) is 0 Å². The maximum atomic E-state index is 11.7. The number of sulfonamides is 1. The summed E-state index contributed by atoms with van der Waals surface area (Å²) in [6.07, 6.45) is 5.67. The molecule has 1 saturated heterocycles. The zero-order chi connectivity index (χ0) is 12.5. The van der Waals surface area contributed by atoms with Crippen molar-refractivity contribution in [2.75, 3.05) is 12.8 Å². The molecule has 1 atom stereocenters. The number of piperidine rings is 1. The van der Waals surface area contributed by atoms with E-state index in [9.17, 15) is 8.42 Å². The van der Waals surface area contributed by atoms with Gasteiger partial charge in [-0.2, -0.15) is 4.31 Å². The summed E-state index contributed by atoms with van der Waals surface area (Å²) in [6.45, 7) is 2.46. The molecule has 1 aliphatic heterocycles. The van der Waals surface area contributed by atoms with Gasteiger partial charge in [0.15, 0.2) is 0 Å². The highest BCUT2D eigenvalue weighted by Gasteiger charge is 2.32. The van der Waals surface area contributed by atoms with Gasteiger partial charge in [0.1, 0.15) is 5.82 Å². The van der Waals surface area contributed by atoms with Gasteiger partial charge in [-0.3, -0.25) is 0 Å². The van der Waals surface area contributed by atoms with Crippen LogP contribution in [0.3, 0.4) is 0 Å². The Labute approximate surface area is 102 Å². The molecule has 0 radical (unpaired) electrons. The van der Waals surface area contributed by atoms with E-state index in [1.54, 1.807) is 6.20 Å². The lowest BCUT2D eigenvalue weighted by atomic mass is 10.0. The highest BCUT2D eigenvalue weighted by Crippen LogP contribution is 2.30. The van der Waals surface area contributed by atoms with Crippen molar-refractivity contribution in [3.63, 3.8) is 0 Å². The third-order valence-electron chi connectivity index (χ3n) is 2.99. The van der Waals surface area contributed by atoms with Crippen LogP contribution in [-0.4, -0.2) is 35.5 Å². The van der Waals surface area contributed by atoms with E-state index in [1.807, 2.05) is 13.0 Å². The van der Waals surface area contributed by atoms with Gasteiger partial charge < -0.3 is 0 Å². The van der Waals surface area contributed by atoms with E-state index in [0.717, 1.165) is 25.0 Å². The molecule has 0 unspecified atom stereocenters. The summed E-state index contributed by atoms with van der Waals surface area (Å²) in [4.78, 5) is 8.55. The molecule has 2 heterocycles. The van der Waals surface area contributed by atoms with E-state index in [0.29, 0.717) is 12.4 Å². The third kappa shape index (κ3) is 2.81. The smallest absolute Gasteiger partial charge is 0.211 e. The van der Waals surface area contributed by atoms with Gasteiger partial charge in [-0.15, -0.1) is 0 Å². The van der Waals surface area contributed by atoms with Gasteiger partial charge in [-0.05, 0) is 25.8 Å². The molecule has 0 N–H and O–H groups in total. The van der Waals surface area contributed by atoms with Crippen LogP contribution in [0, 0.1) is 6.92 Å². The summed E-state index contributed by atoms with van der Waals surface area (Å²) in [7, 11) is -3.18. The van der Waals surface area contributed by atoms with Crippen LogP contribution in [-0.2, 0) is 10.0 Å². The van der Waals surface area contributed by atoms with E-state index in [4.69, 9.17) is 0 Å². The van der Waals surface area contributed by atoms with Crippen LogP contribution < -0.4 is 0 Å². The van der Waals surface area contributed by atoms with Crippen molar-refractivity contribution in [1.82, 2.24) is 14.3 Å². The van der Waals surface area contributed by atoms with Gasteiger partial charge in [-0.1, -0.05) is 6.42 Å². The molecule has 0 bridgehead atoms. The zero-order valence-electron chi connectivity index (χ0n) is 10.1. The fraction of sp³-hybridized carbons (Fsp3) is 0.636. The number of aromatic nitrogens is 2. The molecule has 2 rings (SSSR count). The maximum Gasteiger partial charge on any atom is 0.211 e. The van der Waals surface area contributed by atoms with E-state index in [2.05, 4.69) is 9.97 Å². The van der Waals surface area contributed by atoms with Crippen LogP contribution in [0.1, 0.15) is 36.8 Å². The Bertz CT molecular complexity index is 501. The van der Waals surface area contributed by atoms with Crippen molar-refractivity contribution < 1.29 is 8.42 Å². The highest BCUT2D eigenvalue weighted by molar-refractivity contribution is 7.88. The average Bonchev–Trinajstić information content (AvgIpc) is 2.28. The van der Waals surface area contributed by atoms with Crippen molar-refractivity contribution in [1.29, 1.82) is 0 Å². The number of aryl methyl sites for hydroxylation is 1. The fourth-order valence-corrected chi connectivity index (χ4v) is 3.31. The molecule has 5 nitrogen and oxygen atoms in total. The Morgan fingerprint density at radius 3 is 2.82 bits per heavy atom. The minimum Gasteiger partial charge on any atom is -0.240 e. The monoisotopic (exact) mass is 255 g/mol. The Morgan fingerprint density at radius 1 is 1.41 bits per heavy atom. The van der Waals surface area contributed by atoms with Crippen LogP contribution in [0.25, 0.3) is 0 Å². The first-order chi connectivity index (χ1) is 7.98. The van der Waals surface area contributed by atoms with Gasteiger partial charge >= 0.3 is 0 Å². The zero-order valence-corrected chi connectivity index (χ0v) is 10.9. The van der Waals surface area contributed by atoms with Crippen LogP contribution in [0.2, 0.25) is 0 Å². The number of hydrogen-bond donors (Lipinski definition) is 0. The largest absolute Gasteiger partial charge is 0.240 e. The SMILES string of the molecule is Cc1ccnc([C@H]2CCCCN2S(C)(=O)=O)n1. The van der Waals surface area contributed by atoms with Crippen LogP contribution in [0.5, 0.6) is 0 Å². The Kier molecular flexibility index (Phi) is 3.44. The summed E-state index contributed by atoms with van der Waals surface area (Å²) >= 11 is 0. The summed E-state index contributed by atoms with van der Waals surface area (Å²) in [5, 5.41) is 0. The summed E-state index contributed by atoms with van der Waals surface area (Å²) in [6, 6.07) is 1.62. The standard InChI is InChI=1S/C11H17N3O2S/c1-9-6-7-12-11(13-9)10-5-3-4-8-14(10)17(2,15)16/h6-7,10H,3-5,8H2,1-2H3/t10-/m1/s1. The Morgan fingerprint density at radius 2 is 2.18 bits per heavy atom. The molecule has 0 spiro atoms. The molecule has 1 aromatic rings. The van der Waals surface area contributed by atoms with Gasteiger partial charge in [0.05, 0.1) is 12.3 Å². The molecule has 0 aromatic carbocycles. The van der Waals surface area contributed by atoms with E-state index in [1.165, 1.54) is 10.6 Å². The summed E-state index contributed by atoms with van der Waals surface area (Å²) < 4.78 is 25.0.